The predicted octanol–water partition coefficient (Wildman–Crippen LogP) is 0.726. The molecule has 0 radical (unpaired) electrons. The summed E-state index contributed by atoms with van der Waals surface area (Å²) in [5.74, 6) is 1.08. The molecule has 1 amide bonds. The Kier molecular flexibility index (Phi) is 7.71. The molecule has 0 aromatic heterocycles. The SMILES string of the molecule is I.NC(=NCCC(=O)NC1CCS(=O)(=O)C1)NC1CCOc2ccccc21. The van der Waals surface area contributed by atoms with E-state index in [9.17, 15) is 13.2 Å². The first-order valence-corrected chi connectivity index (χ1v) is 10.5. The number of ether oxygens (including phenoxy) is 1. The first-order valence-electron chi connectivity index (χ1n) is 8.71. The molecule has 0 spiro atoms. The molecule has 2 atom stereocenters. The minimum Gasteiger partial charge on any atom is -0.493 e. The molecule has 1 fully saturated rings. The van der Waals surface area contributed by atoms with E-state index in [1.54, 1.807) is 0 Å². The number of fused-ring (bicyclic) bond motifs is 1. The van der Waals surface area contributed by atoms with E-state index in [1.807, 2.05) is 24.3 Å². The lowest BCUT2D eigenvalue weighted by molar-refractivity contribution is -0.121. The lowest BCUT2D eigenvalue weighted by Crippen LogP contribution is -2.38. The van der Waals surface area contributed by atoms with Gasteiger partial charge < -0.3 is 21.1 Å². The minimum absolute atomic E-state index is 0. The zero-order valence-electron chi connectivity index (χ0n) is 14.9. The van der Waals surface area contributed by atoms with Crippen molar-refractivity contribution in [3.8, 4) is 5.75 Å². The average molecular weight is 508 g/mol. The first-order chi connectivity index (χ1) is 12.4. The summed E-state index contributed by atoms with van der Waals surface area (Å²) in [6, 6.07) is 7.52. The zero-order valence-corrected chi connectivity index (χ0v) is 18.0. The molecule has 2 aliphatic heterocycles. The second kappa shape index (κ2) is 9.58. The van der Waals surface area contributed by atoms with E-state index >= 15 is 0 Å². The van der Waals surface area contributed by atoms with Crippen LogP contribution in [0.1, 0.15) is 30.9 Å². The van der Waals surface area contributed by atoms with Crippen LogP contribution in [0.3, 0.4) is 0 Å². The lowest BCUT2D eigenvalue weighted by Gasteiger charge is -2.26. The number of halogens is 1. The fourth-order valence-corrected chi connectivity index (χ4v) is 4.88. The molecule has 10 heteroatoms. The summed E-state index contributed by atoms with van der Waals surface area (Å²) in [6.45, 7) is 0.851. The third kappa shape index (κ3) is 6.23. The van der Waals surface area contributed by atoms with Gasteiger partial charge in [-0.05, 0) is 12.5 Å². The molecule has 27 heavy (non-hydrogen) atoms. The van der Waals surface area contributed by atoms with Crippen molar-refractivity contribution in [3.05, 3.63) is 29.8 Å². The summed E-state index contributed by atoms with van der Waals surface area (Å²) in [7, 11) is -3.00. The highest BCUT2D eigenvalue weighted by atomic mass is 127. The normalized spacial score (nSPS) is 23.5. The van der Waals surface area contributed by atoms with Gasteiger partial charge in [0.25, 0.3) is 0 Å². The van der Waals surface area contributed by atoms with E-state index in [4.69, 9.17) is 10.5 Å². The molecule has 1 saturated heterocycles. The third-order valence-corrected chi connectivity index (χ3v) is 6.27. The van der Waals surface area contributed by atoms with Crippen LogP contribution >= 0.6 is 24.0 Å². The Morgan fingerprint density at radius 1 is 1.26 bits per heavy atom. The van der Waals surface area contributed by atoms with Gasteiger partial charge in [0.1, 0.15) is 5.75 Å². The fourth-order valence-electron chi connectivity index (χ4n) is 3.20. The molecule has 3 rings (SSSR count). The van der Waals surface area contributed by atoms with Crippen molar-refractivity contribution in [3.63, 3.8) is 0 Å². The van der Waals surface area contributed by atoms with Crippen LogP contribution in [0, 0.1) is 0 Å². The Hall–Kier alpha value is -1.56. The molecule has 2 aliphatic rings. The van der Waals surface area contributed by atoms with Crippen LogP contribution in [-0.4, -0.2) is 51.0 Å². The highest BCUT2D eigenvalue weighted by Crippen LogP contribution is 2.31. The Morgan fingerprint density at radius 2 is 2.04 bits per heavy atom. The number of benzene rings is 1. The summed E-state index contributed by atoms with van der Waals surface area (Å²) in [5, 5.41) is 5.91. The van der Waals surface area contributed by atoms with Gasteiger partial charge >= 0.3 is 0 Å². The van der Waals surface area contributed by atoms with Crippen molar-refractivity contribution in [2.45, 2.75) is 31.3 Å². The number of nitrogens with zero attached hydrogens (tertiary/aromatic N) is 1. The Labute approximate surface area is 176 Å². The van der Waals surface area contributed by atoms with Gasteiger partial charge in [-0.1, -0.05) is 18.2 Å². The number of guanidine groups is 1. The van der Waals surface area contributed by atoms with Crippen LogP contribution in [0.5, 0.6) is 5.75 Å². The maximum atomic E-state index is 11.9. The molecule has 1 aromatic carbocycles. The van der Waals surface area contributed by atoms with E-state index in [0.717, 1.165) is 17.7 Å². The Bertz CT molecular complexity index is 800. The standard InChI is InChI=1S/C17H24N4O4S.HI/c18-17(21-14-6-9-25-15-4-2-1-3-13(14)15)19-8-5-16(22)20-12-7-10-26(23,24)11-12;/h1-4,12,14H,5-11H2,(H,20,22)(H3,18,19,21);1H. The second-order valence-electron chi connectivity index (χ2n) is 6.56. The number of nitrogens with two attached hydrogens (primary N) is 1. The highest BCUT2D eigenvalue weighted by molar-refractivity contribution is 14.0. The molecule has 1 aromatic rings. The Morgan fingerprint density at radius 3 is 2.78 bits per heavy atom. The summed E-state index contributed by atoms with van der Waals surface area (Å²) < 4.78 is 28.4. The van der Waals surface area contributed by atoms with Gasteiger partial charge in [-0.25, -0.2) is 8.42 Å². The molecule has 0 saturated carbocycles. The largest absolute Gasteiger partial charge is 0.493 e. The van der Waals surface area contributed by atoms with E-state index in [0.29, 0.717) is 13.0 Å². The van der Waals surface area contributed by atoms with Crippen molar-refractivity contribution >= 4 is 45.7 Å². The molecule has 4 N–H and O–H groups in total. The minimum atomic E-state index is -3.00. The molecule has 0 bridgehead atoms. The van der Waals surface area contributed by atoms with Gasteiger partial charge in [0, 0.05) is 24.4 Å². The van der Waals surface area contributed by atoms with Gasteiger partial charge in [-0.2, -0.15) is 0 Å². The molecule has 8 nitrogen and oxygen atoms in total. The van der Waals surface area contributed by atoms with Crippen LogP contribution in [0.2, 0.25) is 0 Å². The van der Waals surface area contributed by atoms with E-state index < -0.39 is 9.84 Å². The topological polar surface area (TPSA) is 123 Å². The van der Waals surface area contributed by atoms with Crippen LogP contribution in [0.4, 0.5) is 0 Å². The molecule has 150 valence electrons. The number of para-hydroxylation sites is 1. The number of aliphatic imine (C=N–C) groups is 1. The van der Waals surface area contributed by atoms with Gasteiger partial charge in [0.05, 0.1) is 30.7 Å². The molecule has 0 aliphatic carbocycles. The molecular formula is C17H25IN4O4S. The number of hydrogen-bond donors (Lipinski definition) is 3. The molecular weight excluding hydrogens is 483 g/mol. The van der Waals surface area contributed by atoms with Gasteiger partial charge in [-0.15, -0.1) is 24.0 Å². The van der Waals surface area contributed by atoms with Crippen molar-refractivity contribution < 1.29 is 17.9 Å². The van der Waals surface area contributed by atoms with Crippen molar-refractivity contribution in [1.29, 1.82) is 0 Å². The maximum absolute atomic E-state index is 11.9. The van der Waals surface area contributed by atoms with Crippen LogP contribution in [-0.2, 0) is 14.6 Å². The van der Waals surface area contributed by atoms with Crippen molar-refractivity contribution in [1.82, 2.24) is 10.6 Å². The average Bonchev–Trinajstić information content (AvgIpc) is 2.93. The third-order valence-electron chi connectivity index (χ3n) is 4.50. The van der Waals surface area contributed by atoms with E-state index in [2.05, 4.69) is 15.6 Å². The monoisotopic (exact) mass is 508 g/mol. The smallest absolute Gasteiger partial charge is 0.222 e. The van der Waals surface area contributed by atoms with Gasteiger partial charge in [-0.3, -0.25) is 9.79 Å². The number of carbonyl (C=O) groups excluding carboxylic acids is 1. The predicted molar refractivity (Wildman–Crippen MR) is 114 cm³/mol. The number of carbonyl (C=O) groups is 1. The summed E-state index contributed by atoms with van der Waals surface area (Å²) in [4.78, 5) is 16.1. The summed E-state index contributed by atoms with van der Waals surface area (Å²) >= 11 is 0. The second-order valence-corrected chi connectivity index (χ2v) is 8.79. The van der Waals surface area contributed by atoms with E-state index in [1.165, 1.54) is 0 Å². The van der Waals surface area contributed by atoms with Crippen LogP contribution in [0.15, 0.2) is 29.3 Å². The first kappa shape index (κ1) is 21.7. The van der Waals surface area contributed by atoms with Gasteiger partial charge in [0.15, 0.2) is 15.8 Å². The maximum Gasteiger partial charge on any atom is 0.222 e. The van der Waals surface area contributed by atoms with E-state index in [-0.39, 0.29) is 72.4 Å². The quantitative estimate of drug-likeness (QED) is 0.306. The molecule has 2 unspecified atom stereocenters. The number of hydrogen-bond acceptors (Lipinski definition) is 5. The summed E-state index contributed by atoms with van der Waals surface area (Å²) in [5.41, 5.74) is 6.97. The van der Waals surface area contributed by atoms with Crippen molar-refractivity contribution in [2.75, 3.05) is 24.7 Å². The molecule has 2 heterocycles. The fraction of sp³-hybridized carbons (Fsp3) is 0.529. The van der Waals surface area contributed by atoms with Crippen LogP contribution in [0.25, 0.3) is 0 Å². The van der Waals surface area contributed by atoms with Gasteiger partial charge in [0.2, 0.25) is 5.91 Å². The number of sulfone groups is 1. The number of nitrogens with one attached hydrogen (secondary N) is 2. The lowest BCUT2D eigenvalue weighted by atomic mass is 10.0. The number of rotatable bonds is 5. The zero-order chi connectivity index (χ0) is 18.6. The summed E-state index contributed by atoms with van der Waals surface area (Å²) in [6.07, 6.45) is 1.43. The Balaban J connectivity index is 0.00000261. The van der Waals surface area contributed by atoms with Crippen LogP contribution < -0.4 is 21.1 Å². The highest BCUT2D eigenvalue weighted by Gasteiger charge is 2.28. The van der Waals surface area contributed by atoms with Crippen molar-refractivity contribution in [2.24, 2.45) is 10.7 Å². The number of amides is 1.